The molecule has 0 bridgehead atoms. The van der Waals surface area contributed by atoms with Gasteiger partial charge in [0.15, 0.2) is 0 Å². The SMILES string of the molecule is COC(=O)c1ccc(-c2cc(Cl)c(Cl)cc2Cl)c(=O)[nH]1. The fourth-order valence-electron chi connectivity index (χ4n) is 1.64. The summed E-state index contributed by atoms with van der Waals surface area (Å²) >= 11 is 17.8. The molecule has 0 aliphatic rings. The lowest BCUT2D eigenvalue weighted by Crippen LogP contribution is -2.15. The van der Waals surface area contributed by atoms with E-state index in [1.54, 1.807) is 0 Å². The summed E-state index contributed by atoms with van der Waals surface area (Å²) in [5, 5.41) is 0.862. The van der Waals surface area contributed by atoms with Crippen LogP contribution in [-0.4, -0.2) is 18.1 Å². The summed E-state index contributed by atoms with van der Waals surface area (Å²) in [4.78, 5) is 25.8. The van der Waals surface area contributed by atoms with Crippen molar-refractivity contribution in [3.63, 3.8) is 0 Å². The van der Waals surface area contributed by atoms with Crippen LogP contribution >= 0.6 is 34.8 Å². The molecule has 1 heterocycles. The highest BCUT2D eigenvalue weighted by molar-refractivity contribution is 6.44. The van der Waals surface area contributed by atoms with E-state index < -0.39 is 11.5 Å². The second kappa shape index (κ2) is 5.87. The molecule has 0 radical (unpaired) electrons. The van der Waals surface area contributed by atoms with E-state index in [2.05, 4.69) is 9.72 Å². The van der Waals surface area contributed by atoms with Gasteiger partial charge in [0.1, 0.15) is 5.69 Å². The van der Waals surface area contributed by atoms with Crippen LogP contribution in [0.1, 0.15) is 10.5 Å². The number of ether oxygens (including phenoxy) is 1. The highest BCUT2D eigenvalue weighted by atomic mass is 35.5. The number of aromatic nitrogens is 1. The second-order valence-corrected chi connectivity index (χ2v) is 5.07. The number of benzene rings is 1. The monoisotopic (exact) mass is 331 g/mol. The Morgan fingerprint density at radius 3 is 2.30 bits per heavy atom. The first-order valence-electron chi connectivity index (χ1n) is 5.40. The Morgan fingerprint density at radius 2 is 1.70 bits per heavy atom. The number of esters is 1. The molecule has 1 aromatic carbocycles. The van der Waals surface area contributed by atoms with Gasteiger partial charge < -0.3 is 9.72 Å². The quantitative estimate of drug-likeness (QED) is 0.672. The number of hydrogen-bond acceptors (Lipinski definition) is 3. The van der Waals surface area contributed by atoms with Gasteiger partial charge in [-0.15, -0.1) is 0 Å². The third kappa shape index (κ3) is 2.82. The Balaban J connectivity index is 2.57. The molecule has 0 atom stereocenters. The predicted octanol–water partition coefficient (Wildman–Crippen LogP) is 3.79. The zero-order chi connectivity index (χ0) is 14.9. The number of carbonyl (C=O) groups is 1. The van der Waals surface area contributed by atoms with Gasteiger partial charge in [-0.25, -0.2) is 4.79 Å². The van der Waals surface area contributed by atoms with Crippen molar-refractivity contribution in [2.75, 3.05) is 7.11 Å². The molecule has 7 heteroatoms. The molecule has 0 aliphatic heterocycles. The first-order chi connectivity index (χ1) is 9.43. The van der Waals surface area contributed by atoms with Crippen LogP contribution in [0.4, 0.5) is 0 Å². The standard InChI is InChI=1S/C13H8Cl3NO3/c1-20-13(19)11-3-2-6(12(18)17-11)7-4-9(15)10(16)5-8(7)14/h2-5H,1H3,(H,17,18). The molecule has 0 spiro atoms. The molecule has 0 amide bonds. The van der Waals surface area contributed by atoms with Gasteiger partial charge >= 0.3 is 5.97 Å². The topological polar surface area (TPSA) is 59.2 Å². The Bertz CT molecular complexity index is 740. The maximum absolute atomic E-state index is 12.0. The minimum atomic E-state index is -0.631. The third-order valence-electron chi connectivity index (χ3n) is 2.61. The van der Waals surface area contributed by atoms with Crippen molar-refractivity contribution in [2.45, 2.75) is 0 Å². The number of methoxy groups -OCH3 is 1. The second-order valence-electron chi connectivity index (χ2n) is 3.85. The van der Waals surface area contributed by atoms with E-state index >= 15 is 0 Å². The molecule has 20 heavy (non-hydrogen) atoms. The van der Waals surface area contributed by atoms with Crippen LogP contribution < -0.4 is 5.56 Å². The smallest absolute Gasteiger partial charge is 0.354 e. The Morgan fingerprint density at radius 1 is 1.05 bits per heavy atom. The number of nitrogens with one attached hydrogen (secondary N) is 1. The molecule has 0 fully saturated rings. The number of hydrogen-bond donors (Lipinski definition) is 1. The summed E-state index contributed by atoms with van der Waals surface area (Å²) in [5.74, 6) is -0.631. The lowest BCUT2D eigenvalue weighted by molar-refractivity contribution is 0.0594. The van der Waals surface area contributed by atoms with Gasteiger partial charge in [-0.05, 0) is 24.3 Å². The zero-order valence-electron chi connectivity index (χ0n) is 10.2. The molecule has 2 rings (SSSR count). The number of carbonyl (C=O) groups excluding carboxylic acids is 1. The maximum atomic E-state index is 12.0. The van der Waals surface area contributed by atoms with Gasteiger partial charge in [-0.2, -0.15) is 0 Å². The van der Waals surface area contributed by atoms with Crippen LogP contribution in [0.2, 0.25) is 15.1 Å². The summed E-state index contributed by atoms with van der Waals surface area (Å²) in [5.41, 5.74) is 0.283. The molecule has 2 aromatic rings. The molecule has 0 saturated heterocycles. The van der Waals surface area contributed by atoms with Crippen LogP contribution in [0.15, 0.2) is 29.1 Å². The van der Waals surface area contributed by atoms with E-state index in [1.165, 1.54) is 31.4 Å². The number of halogens is 3. The highest BCUT2D eigenvalue weighted by Gasteiger charge is 2.13. The van der Waals surface area contributed by atoms with Crippen molar-refractivity contribution in [3.8, 4) is 11.1 Å². The van der Waals surface area contributed by atoms with Gasteiger partial charge in [0.2, 0.25) is 0 Å². The summed E-state index contributed by atoms with van der Waals surface area (Å²) < 4.78 is 4.52. The van der Waals surface area contributed by atoms with Gasteiger partial charge in [-0.1, -0.05) is 34.8 Å². The van der Waals surface area contributed by atoms with Crippen molar-refractivity contribution >= 4 is 40.8 Å². The van der Waals surface area contributed by atoms with Crippen LogP contribution in [0.5, 0.6) is 0 Å². The first kappa shape index (κ1) is 14.9. The largest absolute Gasteiger partial charge is 0.464 e. The van der Waals surface area contributed by atoms with E-state index in [0.717, 1.165) is 0 Å². The molecule has 0 aliphatic carbocycles. The fourth-order valence-corrected chi connectivity index (χ4v) is 2.29. The molecule has 0 saturated carbocycles. The zero-order valence-corrected chi connectivity index (χ0v) is 12.4. The molecule has 1 aromatic heterocycles. The van der Waals surface area contributed by atoms with Crippen molar-refractivity contribution < 1.29 is 9.53 Å². The van der Waals surface area contributed by atoms with Gasteiger partial charge in [0.25, 0.3) is 5.56 Å². The molecule has 1 N–H and O–H groups in total. The van der Waals surface area contributed by atoms with E-state index in [4.69, 9.17) is 34.8 Å². The van der Waals surface area contributed by atoms with Crippen LogP contribution in [-0.2, 0) is 4.74 Å². The predicted molar refractivity (Wildman–Crippen MR) is 78.9 cm³/mol. The van der Waals surface area contributed by atoms with E-state index in [0.29, 0.717) is 10.6 Å². The average Bonchev–Trinajstić information content (AvgIpc) is 2.42. The summed E-state index contributed by atoms with van der Waals surface area (Å²) in [6.07, 6.45) is 0. The van der Waals surface area contributed by atoms with Crippen molar-refractivity contribution in [3.05, 3.63) is 55.4 Å². The maximum Gasteiger partial charge on any atom is 0.354 e. The highest BCUT2D eigenvalue weighted by Crippen LogP contribution is 2.33. The van der Waals surface area contributed by atoms with Crippen LogP contribution in [0.3, 0.4) is 0 Å². The molecule has 0 unspecified atom stereocenters. The van der Waals surface area contributed by atoms with E-state index in [-0.39, 0.29) is 21.3 Å². The lowest BCUT2D eigenvalue weighted by atomic mass is 10.1. The Kier molecular flexibility index (Phi) is 4.38. The summed E-state index contributed by atoms with van der Waals surface area (Å²) in [6.45, 7) is 0. The third-order valence-corrected chi connectivity index (χ3v) is 3.65. The minimum Gasteiger partial charge on any atom is -0.464 e. The molecular formula is C13H8Cl3NO3. The van der Waals surface area contributed by atoms with Crippen molar-refractivity contribution in [1.82, 2.24) is 4.98 Å². The van der Waals surface area contributed by atoms with Crippen LogP contribution in [0, 0.1) is 0 Å². The number of pyridine rings is 1. The number of H-pyrrole nitrogens is 1. The normalized spacial score (nSPS) is 10.4. The number of aromatic amines is 1. The summed E-state index contributed by atoms with van der Waals surface area (Å²) in [7, 11) is 1.23. The molecular weight excluding hydrogens is 325 g/mol. The Labute approximate surface area is 129 Å². The van der Waals surface area contributed by atoms with Crippen molar-refractivity contribution in [1.29, 1.82) is 0 Å². The fraction of sp³-hybridized carbons (Fsp3) is 0.0769. The van der Waals surface area contributed by atoms with Gasteiger partial charge in [-0.3, -0.25) is 4.79 Å². The Hall–Kier alpha value is -1.49. The minimum absolute atomic E-state index is 0.0532. The number of rotatable bonds is 2. The van der Waals surface area contributed by atoms with E-state index in [1.807, 2.05) is 0 Å². The average molecular weight is 333 g/mol. The van der Waals surface area contributed by atoms with Gasteiger partial charge in [0, 0.05) is 11.1 Å². The first-order valence-corrected chi connectivity index (χ1v) is 6.54. The van der Waals surface area contributed by atoms with Crippen molar-refractivity contribution in [2.24, 2.45) is 0 Å². The van der Waals surface area contributed by atoms with E-state index in [9.17, 15) is 9.59 Å². The van der Waals surface area contributed by atoms with Gasteiger partial charge in [0.05, 0.1) is 22.2 Å². The molecule has 4 nitrogen and oxygen atoms in total. The van der Waals surface area contributed by atoms with Crippen LogP contribution in [0.25, 0.3) is 11.1 Å². The lowest BCUT2D eigenvalue weighted by Gasteiger charge is -2.07. The molecule has 104 valence electrons. The summed E-state index contributed by atoms with van der Waals surface area (Å²) in [6, 6.07) is 5.85.